The van der Waals surface area contributed by atoms with Gasteiger partial charge in [0.1, 0.15) is 5.75 Å². The second-order valence-electron chi connectivity index (χ2n) is 14.0. The SMILES string of the molecule is COc1ccc(CN2C(C)(C)c3cccc(Cl)c3C23CCN(CC(=O)NC2C4CC5CC(C4)CC2C5)CC3)cc1. The predicted molar refractivity (Wildman–Crippen MR) is 159 cm³/mol. The predicted octanol–water partition coefficient (Wildman–Crippen LogP) is 6.33. The molecule has 2 heterocycles. The molecular weight excluding hydrogens is 518 g/mol. The molecule has 8 rings (SSSR count). The minimum Gasteiger partial charge on any atom is -0.497 e. The largest absolute Gasteiger partial charge is 0.497 e. The van der Waals surface area contributed by atoms with E-state index in [1.165, 1.54) is 48.8 Å². The van der Waals surface area contributed by atoms with Crippen molar-refractivity contribution in [3.8, 4) is 5.75 Å². The van der Waals surface area contributed by atoms with Gasteiger partial charge in [0.2, 0.25) is 5.91 Å². The van der Waals surface area contributed by atoms with E-state index in [4.69, 9.17) is 16.3 Å². The first-order chi connectivity index (χ1) is 19.3. The zero-order valence-electron chi connectivity index (χ0n) is 24.3. The van der Waals surface area contributed by atoms with Crippen molar-refractivity contribution in [3.05, 3.63) is 64.2 Å². The minimum absolute atomic E-state index is 0.147. The molecule has 0 unspecified atom stereocenters. The molecule has 4 saturated carbocycles. The van der Waals surface area contributed by atoms with Crippen molar-refractivity contribution in [3.63, 3.8) is 0 Å². The highest BCUT2D eigenvalue weighted by Gasteiger charge is 2.56. The summed E-state index contributed by atoms with van der Waals surface area (Å²) in [5, 5.41) is 4.41. The number of hydrogen-bond donors (Lipinski definition) is 1. The van der Waals surface area contributed by atoms with Gasteiger partial charge in [0.05, 0.1) is 19.2 Å². The topological polar surface area (TPSA) is 44.8 Å². The third-order valence-corrected chi connectivity index (χ3v) is 11.7. The van der Waals surface area contributed by atoms with Crippen LogP contribution in [0.15, 0.2) is 42.5 Å². The fraction of sp³-hybridized carbons (Fsp3) is 0.618. The fourth-order valence-corrected chi connectivity index (χ4v) is 10.1. The number of carbonyl (C=O) groups is 1. The zero-order chi connectivity index (χ0) is 27.6. The number of carbonyl (C=O) groups excluding carboxylic acids is 1. The van der Waals surface area contributed by atoms with Gasteiger partial charge in [0.25, 0.3) is 0 Å². The summed E-state index contributed by atoms with van der Waals surface area (Å²) in [6.07, 6.45) is 8.73. The van der Waals surface area contributed by atoms with E-state index in [1.807, 2.05) is 0 Å². The van der Waals surface area contributed by atoms with Crippen LogP contribution in [0.25, 0.3) is 0 Å². The maximum absolute atomic E-state index is 13.3. The third-order valence-electron chi connectivity index (χ3n) is 11.4. The number of piperidine rings is 1. The summed E-state index contributed by atoms with van der Waals surface area (Å²) in [6, 6.07) is 15.3. The number of benzene rings is 2. The van der Waals surface area contributed by atoms with E-state index in [0.717, 1.165) is 66.9 Å². The highest BCUT2D eigenvalue weighted by Crippen LogP contribution is 2.57. The van der Waals surface area contributed by atoms with Gasteiger partial charge in [0, 0.05) is 36.2 Å². The highest BCUT2D eigenvalue weighted by atomic mass is 35.5. The van der Waals surface area contributed by atoms with Crippen molar-refractivity contribution >= 4 is 17.5 Å². The van der Waals surface area contributed by atoms with Gasteiger partial charge >= 0.3 is 0 Å². The lowest BCUT2D eigenvalue weighted by Crippen LogP contribution is -2.58. The number of rotatable bonds is 6. The molecule has 214 valence electrons. The van der Waals surface area contributed by atoms with Gasteiger partial charge in [-0.25, -0.2) is 0 Å². The van der Waals surface area contributed by atoms with Gasteiger partial charge in [-0.2, -0.15) is 0 Å². The number of amides is 1. The smallest absolute Gasteiger partial charge is 0.234 e. The Labute approximate surface area is 244 Å². The monoisotopic (exact) mass is 561 g/mol. The molecule has 0 radical (unpaired) electrons. The number of methoxy groups -OCH3 is 1. The van der Waals surface area contributed by atoms with Crippen LogP contribution in [-0.2, 0) is 22.4 Å². The van der Waals surface area contributed by atoms with E-state index in [0.29, 0.717) is 12.6 Å². The molecule has 2 aromatic carbocycles. The molecule has 1 spiro atoms. The Morgan fingerprint density at radius 2 is 1.62 bits per heavy atom. The standard InChI is InChI=1S/C34H44ClN3O2/c1-33(2)28-5-4-6-29(35)31(28)34(38(33)20-22-7-9-27(40-3)10-8-22)11-13-37(14-12-34)21-30(39)36-32-25-16-23-15-24(18-25)19-26(32)17-23/h4-10,23-26,32H,11-21H2,1-3H3,(H,36,39). The molecule has 1 saturated heterocycles. The Kier molecular flexibility index (Phi) is 6.72. The molecule has 2 aliphatic heterocycles. The van der Waals surface area contributed by atoms with Gasteiger partial charge in [-0.3, -0.25) is 14.6 Å². The second-order valence-corrected chi connectivity index (χ2v) is 14.4. The Morgan fingerprint density at radius 3 is 2.25 bits per heavy atom. The number of nitrogens with one attached hydrogen (secondary N) is 1. The average Bonchev–Trinajstić information content (AvgIpc) is 3.11. The Hall–Kier alpha value is -2.08. The van der Waals surface area contributed by atoms with Crippen molar-refractivity contribution in [2.24, 2.45) is 23.7 Å². The first kappa shape index (κ1) is 26.8. The average molecular weight is 562 g/mol. The van der Waals surface area contributed by atoms with Gasteiger partial charge in [-0.15, -0.1) is 0 Å². The molecule has 6 aliphatic rings. The molecule has 1 amide bonds. The first-order valence-corrected chi connectivity index (χ1v) is 15.9. The van der Waals surface area contributed by atoms with Crippen molar-refractivity contribution in [2.45, 2.75) is 82.5 Å². The summed E-state index contributed by atoms with van der Waals surface area (Å²) in [4.78, 5) is 18.4. The Balaban J connectivity index is 1.07. The summed E-state index contributed by atoms with van der Waals surface area (Å²) in [6.45, 7) is 7.82. The molecule has 40 heavy (non-hydrogen) atoms. The minimum atomic E-state index is -0.154. The van der Waals surface area contributed by atoms with Crippen LogP contribution in [-0.4, -0.2) is 48.5 Å². The summed E-state index contributed by atoms with van der Waals surface area (Å²) in [5.74, 6) is 4.41. The summed E-state index contributed by atoms with van der Waals surface area (Å²) < 4.78 is 5.41. The van der Waals surface area contributed by atoms with Crippen LogP contribution in [0.5, 0.6) is 5.75 Å². The summed E-state index contributed by atoms with van der Waals surface area (Å²) in [7, 11) is 1.71. The van der Waals surface area contributed by atoms with E-state index in [-0.39, 0.29) is 17.0 Å². The van der Waals surface area contributed by atoms with Crippen LogP contribution in [0.1, 0.15) is 75.5 Å². The number of halogens is 1. The van der Waals surface area contributed by atoms with Gasteiger partial charge in [0.15, 0.2) is 0 Å². The maximum Gasteiger partial charge on any atom is 0.234 e. The van der Waals surface area contributed by atoms with Crippen LogP contribution in [0, 0.1) is 23.7 Å². The molecule has 4 bridgehead atoms. The number of likely N-dealkylation sites (tertiary alicyclic amines) is 1. The number of fused-ring (bicyclic) bond motifs is 2. The lowest BCUT2D eigenvalue weighted by Gasteiger charge is -2.54. The van der Waals surface area contributed by atoms with E-state index in [1.54, 1.807) is 7.11 Å². The molecule has 5 nitrogen and oxygen atoms in total. The van der Waals surface area contributed by atoms with Crippen LogP contribution in [0.3, 0.4) is 0 Å². The molecule has 6 heteroatoms. The van der Waals surface area contributed by atoms with Crippen molar-refractivity contribution in [1.82, 2.24) is 15.1 Å². The molecule has 0 aromatic heterocycles. The fourth-order valence-electron chi connectivity index (χ4n) is 9.78. The van der Waals surface area contributed by atoms with E-state index in [2.05, 4.69) is 71.4 Å². The van der Waals surface area contributed by atoms with Crippen LogP contribution >= 0.6 is 11.6 Å². The number of hydrogen-bond acceptors (Lipinski definition) is 4. The van der Waals surface area contributed by atoms with Gasteiger partial charge in [-0.1, -0.05) is 35.9 Å². The van der Waals surface area contributed by atoms with Crippen LogP contribution in [0.4, 0.5) is 0 Å². The van der Waals surface area contributed by atoms with Crippen molar-refractivity contribution in [1.29, 1.82) is 0 Å². The first-order valence-electron chi connectivity index (χ1n) is 15.5. The molecule has 2 aromatic rings. The van der Waals surface area contributed by atoms with E-state index < -0.39 is 0 Å². The van der Waals surface area contributed by atoms with Crippen LogP contribution in [0.2, 0.25) is 5.02 Å². The Bertz CT molecular complexity index is 1240. The molecule has 5 fully saturated rings. The number of nitrogens with zero attached hydrogens (tertiary/aromatic N) is 2. The van der Waals surface area contributed by atoms with Crippen LogP contribution < -0.4 is 10.1 Å². The second kappa shape index (κ2) is 10.0. The maximum atomic E-state index is 13.3. The lowest BCUT2D eigenvalue weighted by molar-refractivity contribution is -0.127. The summed E-state index contributed by atoms with van der Waals surface area (Å²) >= 11 is 7.00. The molecular formula is C34H44ClN3O2. The molecule has 0 atom stereocenters. The normalized spacial score (nSPS) is 31.9. The Morgan fingerprint density at radius 1 is 0.975 bits per heavy atom. The van der Waals surface area contributed by atoms with Crippen molar-refractivity contribution < 1.29 is 9.53 Å². The zero-order valence-corrected chi connectivity index (χ0v) is 25.1. The van der Waals surface area contributed by atoms with Gasteiger partial charge < -0.3 is 10.1 Å². The van der Waals surface area contributed by atoms with Crippen molar-refractivity contribution in [2.75, 3.05) is 26.7 Å². The van der Waals surface area contributed by atoms with E-state index >= 15 is 0 Å². The number of ether oxygens (including phenoxy) is 1. The third kappa shape index (κ3) is 4.39. The molecule has 4 aliphatic carbocycles. The lowest BCUT2D eigenvalue weighted by atomic mass is 9.54. The summed E-state index contributed by atoms with van der Waals surface area (Å²) in [5.41, 5.74) is 3.61. The molecule has 1 N–H and O–H groups in total. The van der Waals surface area contributed by atoms with E-state index in [9.17, 15) is 4.79 Å². The highest BCUT2D eigenvalue weighted by molar-refractivity contribution is 6.31. The quantitative estimate of drug-likeness (QED) is 0.447. The van der Waals surface area contributed by atoms with Gasteiger partial charge in [-0.05, 0) is 117 Å².